The molecule has 5 rings (SSSR count). The summed E-state index contributed by atoms with van der Waals surface area (Å²) in [6.45, 7) is 7.82. The minimum Gasteiger partial charge on any atom is -0.467 e. The van der Waals surface area contributed by atoms with Crippen LogP contribution in [0.15, 0.2) is 76.1 Å². The number of hydrogen-bond acceptors (Lipinski definition) is 6. The fraction of sp³-hybridized carbons (Fsp3) is 0.286. The van der Waals surface area contributed by atoms with Crippen molar-refractivity contribution in [1.29, 1.82) is 0 Å². The van der Waals surface area contributed by atoms with Gasteiger partial charge in [-0.05, 0) is 83.1 Å². The molecule has 0 saturated carbocycles. The molecular formula is C28H30N6O2. The summed E-state index contributed by atoms with van der Waals surface area (Å²) in [4.78, 5) is 18.5. The van der Waals surface area contributed by atoms with E-state index in [2.05, 4.69) is 64.4 Å². The summed E-state index contributed by atoms with van der Waals surface area (Å²) in [5.41, 5.74) is 5.01. The molecule has 1 atom stereocenters. The second kappa shape index (κ2) is 10.3. The smallest absolute Gasteiger partial charge is 0.252 e. The van der Waals surface area contributed by atoms with Gasteiger partial charge in [0.05, 0.1) is 12.3 Å². The summed E-state index contributed by atoms with van der Waals surface area (Å²) in [5, 5.41) is 13.6. The molecule has 0 aliphatic heterocycles. The lowest BCUT2D eigenvalue weighted by Crippen LogP contribution is -2.32. The largest absolute Gasteiger partial charge is 0.467 e. The molecule has 0 aliphatic carbocycles. The fourth-order valence-electron chi connectivity index (χ4n) is 4.67. The van der Waals surface area contributed by atoms with Gasteiger partial charge in [-0.1, -0.05) is 37.3 Å². The maximum atomic E-state index is 13.2. The van der Waals surface area contributed by atoms with Gasteiger partial charge in [-0.2, -0.15) is 0 Å². The number of aromatic amines is 1. The van der Waals surface area contributed by atoms with Crippen LogP contribution in [0.5, 0.6) is 0 Å². The van der Waals surface area contributed by atoms with E-state index < -0.39 is 0 Å². The van der Waals surface area contributed by atoms with Crippen molar-refractivity contribution in [1.82, 2.24) is 30.1 Å². The number of rotatable bonds is 9. The van der Waals surface area contributed by atoms with Crippen molar-refractivity contribution in [2.45, 2.75) is 52.9 Å². The van der Waals surface area contributed by atoms with Gasteiger partial charge in [0.1, 0.15) is 12.3 Å². The normalized spacial score (nSPS) is 12.4. The molecule has 3 heterocycles. The van der Waals surface area contributed by atoms with Crippen molar-refractivity contribution in [2.24, 2.45) is 0 Å². The van der Waals surface area contributed by atoms with Crippen molar-refractivity contribution in [3.63, 3.8) is 0 Å². The number of tetrazole rings is 1. The number of aromatic nitrogens is 5. The molecule has 1 N–H and O–H groups in total. The molecule has 3 aromatic heterocycles. The van der Waals surface area contributed by atoms with Crippen LogP contribution in [-0.2, 0) is 19.6 Å². The van der Waals surface area contributed by atoms with Gasteiger partial charge in [-0.15, -0.1) is 5.10 Å². The van der Waals surface area contributed by atoms with Crippen molar-refractivity contribution in [3.8, 4) is 0 Å². The number of furan rings is 1. The summed E-state index contributed by atoms with van der Waals surface area (Å²) in [6.07, 6.45) is 2.42. The zero-order chi connectivity index (χ0) is 25.1. The van der Waals surface area contributed by atoms with Gasteiger partial charge in [-0.25, -0.2) is 4.68 Å². The van der Waals surface area contributed by atoms with Gasteiger partial charge in [-0.3, -0.25) is 9.69 Å². The number of hydrogen-bond donors (Lipinski definition) is 1. The van der Waals surface area contributed by atoms with Crippen LogP contribution in [-0.4, -0.2) is 30.1 Å². The molecule has 0 unspecified atom stereocenters. The Morgan fingerprint density at radius 3 is 2.58 bits per heavy atom. The topological polar surface area (TPSA) is 92.8 Å². The van der Waals surface area contributed by atoms with E-state index in [-0.39, 0.29) is 11.6 Å². The Morgan fingerprint density at radius 2 is 1.83 bits per heavy atom. The third-order valence-electron chi connectivity index (χ3n) is 6.71. The first kappa shape index (κ1) is 23.7. The van der Waals surface area contributed by atoms with Crippen LogP contribution in [0.3, 0.4) is 0 Å². The van der Waals surface area contributed by atoms with Crippen LogP contribution in [0.2, 0.25) is 0 Å². The van der Waals surface area contributed by atoms with E-state index in [4.69, 9.17) is 4.42 Å². The summed E-state index contributed by atoms with van der Waals surface area (Å²) in [6, 6.07) is 20.1. The first-order valence-corrected chi connectivity index (χ1v) is 12.2. The second-order valence-electron chi connectivity index (χ2n) is 9.24. The van der Waals surface area contributed by atoms with Crippen LogP contribution in [0.4, 0.5) is 0 Å². The lowest BCUT2D eigenvalue weighted by molar-refractivity contribution is 0.161. The predicted octanol–water partition coefficient (Wildman–Crippen LogP) is 4.93. The fourth-order valence-corrected chi connectivity index (χ4v) is 4.67. The number of aryl methyl sites for hydroxylation is 2. The number of pyridine rings is 1. The average molecular weight is 483 g/mol. The number of fused-ring (bicyclic) bond motifs is 1. The molecule has 0 fully saturated rings. The highest BCUT2D eigenvalue weighted by Crippen LogP contribution is 2.27. The summed E-state index contributed by atoms with van der Waals surface area (Å²) in [7, 11) is 0. The van der Waals surface area contributed by atoms with Crippen LogP contribution in [0, 0.1) is 13.8 Å². The molecular weight excluding hydrogens is 452 g/mol. The van der Waals surface area contributed by atoms with E-state index in [0.29, 0.717) is 25.2 Å². The Hall–Kier alpha value is -4.04. The number of nitrogens with one attached hydrogen (secondary N) is 1. The standard InChI is InChI=1S/C28H30N6O2/c1-4-26(27-30-31-32-34(27)18-24-11-8-12-36-24)33(16-21-9-6-5-7-10-21)17-23-15-22-13-19(2)20(3)14-25(22)29-28(23)35/h5-15,26H,4,16-18H2,1-3H3,(H,29,35)/t26-/m1/s1. The Kier molecular flexibility index (Phi) is 6.77. The van der Waals surface area contributed by atoms with E-state index in [1.165, 1.54) is 5.56 Å². The number of nitrogens with zero attached hydrogens (tertiary/aromatic N) is 5. The SMILES string of the molecule is CC[C@H](c1nnnn1Cc1ccco1)N(Cc1ccccc1)Cc1cc2cc(C)c(C)cc2[nH]c1=O. The van der Waals surface area contributed by atoms with Crippen LogP contribution < -0.4 is 5.56 Å². The molecule has 5 aromatic rings. The molecule has 36 heavy (non-hydrogen) atoms. The summed E-state index contributed by atoms with van der Waals surface area (Å²) in [5.74, 6) is 1.53. The van der Waals surface area contributed by atoms with Crippen molar-refractivity contribution >= 4 is 10.9 Å². The van der Waals surface area contributed by atoms with Gasteiger partial charge in [0, 0.05) is 24.2 Å². The lowest BCUT2D eigenvalue weighted by Gasteiger charge is -2.30. The van der Waals surface area contributed by atoms with E-state index in [9.17, 15) is 4.79 Å². The van der Waals surface area contributed by atoms with Crippen molar-refractivity contribution < 1.29 is 4.42 Å². The third-order valence-corrected chi connectivity index (χ3v) is 6.71. The van der Waals surface area contributed by atoms with Crippen LogP contribution >= 0.6 is 0 Å². The maximum absolute atomic E-state index is 13.2. The van der Waals surface area contributed by atoms with Gasteiger partial charge in [0.15, 0.2) is 5.82 Å². The first-order valence-electron chi connectivity index (χ1n) is 12.2. The van der Waals surface area contributed by atoms with E-state index >= 15 is 0 Å². The van der Waals surface area contributed by atoms with Gasteiger partial charge < -0.3 is 9.40 Å². The molecule has 0 saturated heterocycles. The van der Waals surface area contributed by atoms with Crippen LogP contribution in [0.1, 0.15) is 53.2 Å². The number of H-pyrrole nitrogens is 1. The van der Waals surface area contributed by atoms with Crippen molar-refractivity contribution in [3.05, 3.63) is 111 Å². The zero-order valence-corrected chi connectivity index (χ0v) is 20.8. The minimum absolute atomic E-state index is 0.0751. The molecule has 0 aliphatic rings. The second-order valence-corrected chi connectivity index (χ2v) is 9.24. The lowest BCUT2D eigenvalue weighted by atomic mass is 10.0. The van der Waals surface area contributed by atoms with Gasteiger partial charge >= 0.3 is 0 Å². The molecule has 8 nitrogen and oxygen atoms in total. The van der Waals surface area contributed by atoms with Crippen LogP contribution in [0.25, 0.3) is 10.9 Å². The Morgan fingerprint density at radius 1 is 1.03 bits per heavy atom. The third kappa shape index (κ3) is 4.99. The molecule has 0 amide bonds. The molecule has 0 bridgehead atoms. The highest BCUT2D eigenvalue weighted by molar-refractivity contribution is 5.80. The monoisotopic (exact) mass is 482 g/mol. The van der Waals surface area contributed by atoms with Crippen molar-refractivity contribution in [2.75, 3.05) is 0 Å². The predicted molar refractivity (Wildman–Crippen MR) is 138 cm³/mol. The highest BCUT2D eigenvalue weighted by Gasteiger charge is 2.26. The molecule has 184 valence electrons. The Labute approximate surface area is 209 Å². The number of benzene rings is 2. The zero-order valence-electron chi connectivity index (χ0n) is 20.8. The molecule has 0 radical (unpaired) electrons. The maximum Gasteiger partial charge on any atom is 0.252 e. The quantitative estimate of drug-likeness (QED) is 0.320. The molecule has 0 spiro atoms. The van der Waals surface area contributed by atoms with E-state index in [1.807, 2.05) is 42.5 Å². The Bertz CT molecular complexity index is 1500. The molecule has 8 heteroatoms. The summed E-state index contributed by atoms with van der Waals surface area (Å²) < 4.78 is 7.31. The van der Waals surface area contributed by atoms with E-state index in [0.717, 1.165) is 40.0 Å². The van der Waals surface area contributed by atoms with Gasteiger partial charge in [0.2, 0.25) is 0 Å². The first-order chi connectivity index (χ1) is 17.5. The van der Waals surface area contributed by atoms with Gasteiger partial charge in [0.25, 0.3) is 5.56 Å². The summed E-state index contributed by atoms with van der Waals surface area (Å²) >= 11 is 0. The minimum atomic E-state index is -0.106. The average Bonchev–Trinajstić information content (AvgIpc) is 3.55. The Balaban J connectivity index is 1.53. The van der Waals surface area contributed by atoms with E-state index in [1.54, 1.807) is 10.9 Å². The highest BCUT2D eigenvalue weighted by atomic mass is 16.3. The molecule has 2 aromatic carbocycles.